The Labute approximate surface area is 184 Å². The molecule has 0 aromatic heterocycles. The lowest BCUT2D eigenvalue weighted by Crippen LogP contribution is -2.57. The van der Waals surface area contributed by atoms with Gasteiger partial charge >= 0.3 is 11.9 Å². The molecule has 0 aliphatic carbocycles. The summed E-state index contributed by atoms with van der Waals surface area (Å²) in [7, 11) is 0. The summed E-state index contributed by atoms with van der Waals surface area (Å²) in [5, 5.41) is 6.08. The SMILES string of the molecule is CC(=O)ONC1CCN(C(=O)C(C)NC(=O)c2ccc(/C=N\ON)cc2)[C@@H](OC(C)=O)C1. The van der Waals surface area contributed by atoms with Gasteiger partial charge in [0.25, 0.3) is 5.91 Å². The molecule has 0 spiro atoms. The lowest BCUT2D eigenvalue weighted by molar-refractivity contribution is -0.173. The van der Waals surface area contributed by atoms with Crippen LogP contribution in [0.15, 0.2) is 29.4 Å². The lowest BCUT2D eigenvalue weighted by Gasteiger charge is -2.39. The van der Waals surface area contributed by atoms with E-state index >= 15 is 0 Å². The second-order valence-corrected chi connectivity index (χ2v) is 7.19. The maximum Gasteiger partial charge on any atom is 0.321 e. The summed E-state index contributed by atoms with van der Waals surface area (Å²) in [6, 6.07) is 5.26. The molecule has 1 saturated heterocycles. The topological polar surface area (TPSA) is 162 Å². The van der Waals surface area contributed by atoms with Crippen molar-refractivity contribution in [3.05, 3.63) is 35.4 Å². The van der Waals surface area contributed by atoms with Gasteiger partial charge in [-0.05, 0) is 31.0 Å². The fourth-order valence-electron chi connectivity index (χ4n) is 3.16. The summed E-state index contributed by atoms with van der Waals surface area (Å²) in [6.07, 6.45) is 1.22. The third-order valence-corrected chi connectivity index (χ3v) is 4.66. The van der Waals surface area contributed by atoms with Gasteiger partial charge in [-0.2, -0.15) is 0 Å². The number of oxime groups is 1. The van der Waals surface area contributed by atoms with E-state index in [2.05, 4.69) is 20.9 Å². The number of nitrogens with zero attached hydrogens (tertiary/aromatic N) is 2. The van der Waals surface area contributed by atoms with E-state index in [0.29, 0.717) is 17.5 Å². The number of nitrogens with two attached hydrogens (primary N) is 1. The van der Waals surface area contributed by atoms with Crippen LogP contribution < -0.4 is 16.7 Å². The van der Waals surface area contributed by atoms with E-state index in [9.17, 15) is 19.2 Å². The summed E-state index contributed by atoms with van der Waals surface area (Å²) in [5.74, 6) is 2.92. The first-order valence-corrected chi connectivity index (χ1v) is 9.92. The predicted molar refractivity (Wildman–Crippen MR) is 111 cm³/mol. The summed E-state index contributed by atoms with van der Waals surface area (Å²) in [4.78, 5) is 58.3. The number of amides is 2. The van der Waals surface area contributed by atoms with Crippen molar-refractivity contribution in [2.45, 2.75) is 51.9 Å². The highest BCUT2D eigenvalue weighted by Crippen LogP contribution is 2.20. The van der Waals surface area contributed by atoms with Crippen LogP contribution in [0.1, 0.15) is 49.5 Å². The van der Waals surface area contributed by atoms with Gasteiger partial charge in [0.1, 0.15) is 6.04 Å². The smallest absolute Gasteiger partial charge is 0.321 e. The van der Waals surface area contributed by atoms with E-state index in [1.165, 1.54) is 25.0 Å². The number of carbonyl (C=O) groups is 4. The maximum atomic E-state index is 13.0. The van der Waals surface area contributed by atoms with Crippen LogP contribution in [-0.2, 0) is 28.9 Å². The van der Waals surface area contributed by atoms with E-state index in [4.69, 9.17) is 15.5 Å². The van der Waals surface area contributed by atoms with Crippen molar-refractivity contribution in [3.8, 4) is 0 Å². The molecular weight excluding hydrogens is 422 g/mol. The van der Waals surface area contributed by atoms with Crippen LogP contribution in [0.3, 0.4) is 0 Å². The van der Waals surface area contributed by atoms with E-state index in [1.807, 2.05) is 0 Å². The van der Waals surface area contributed by atoms with E-state index in [0.717, 1.165) is 0 Å². The first-order chi connectivity index (χ1) is 15.2. The zero-order chi connectivity index (χ0) is 23.7. The number of hydrogen-bond acceptors (Lipinski definition) is 10. The van der Waals surface area contributed by atoms with Crippen molar-refractivity contribution in [1.29, 1.82) is 0 Å². The number of piperidine rings is 1. The quantitative estimate of drug-likeness (QED) is 0.281. The highest BCUT2D eigenvalue weighted by atomic mass is 16.7. The van der Waals surface area contributed by atoms with Crippen LogP contribution in [0.4, 0.5) is 0 Å². The van der Waals surface area contributed by atoms with Crippen LogP contribution in [-0.4, -0.2) is 59.7 Å². The monoisotopic (exact) mass is 449 g/mol. The Bertz CT molecular complexity index is 858. The first kappa shape index (κ1) is 24.8. The third-order valence-electron chi connectivity index (χ3n) is 4.66. The Morgan fingerprint density at radius 1 is 1.19 bits per heavy atom. The van der Waals surface area contributed by atoms with Gasteiger partial charge in [0.2, 0.25) is 5.91 Å². The molecule has 2 rings (SSSR count). The molecule has 1 aromatic rings. The largest absolute Gasteiger partial charge is 0.442 e. The molecule has 2 amide bonds. The molecule has 2 unspecified atom stereocenters. The highest BCUT2D eigenvalue weighted by Gasteiger charge is 2.36. The summed E-state index contributed by atoms with van der Waals surface area (Å²) in [5.41, 5.74) is 3.63. The normalized spacial score (nSPS) is 19.2. The molecule has 12 heteroatoms. The molecule has 1 heterocycles. The predicted octanol–water partition coefficient (Wildman–Crippen LogP) is -0.0230. The number of ether oxygens (including phenoxy) is 1. The number of hydrogen-bond donors (Lipinski definition) is 3. The molecule has 0 saturated carbocycles. The lowest BCUT2D eigenvalue weighted by atomic mass is 10.0. The van der Waals surface area contributed by atoms with Crippen LogP contribution in [0.25, 0.3) is 0 Å². The molecule has 3 atom stereocenters. The Kier molecular flexibility index (Phi) is 9.10. The van der Waals surface area contributed by atoms with E-state index < -0.39 is 36.0 Å². The second kappa shape index (κ2) is 11.8. The fraction of sp³-hybridized carbons (Fsp3) is 0.450. The van der Waals surface area contributed by atoms with Crippen LogP contribution in [0.2, 0.25) is 0 Å². The average Bonchev–Trinajstić information content (AvgIpc) is 2.75. The molecule has 0 radical (unpaired) electrons. The van der Waals surface area contributed by atoms with Crippen molar-refractivity contribution in [3.63, 3.8) is 0 Å². The standard InChI is InChI=1S/C20H27N5O7/c1-12(23-19(28)16-6-4-15(5-7-16)11-22-32-21)20(29)25-9-8-17(24-31-14(3)27)10-18(25)30-13(2)26/h4-7,11-12,17-18,24H,8-10,21H2,1-3H3,(H,23,28)/b22-11-/t12?,17?,18-/m0/s1. The van der Waals surface area contributed by atoms with Crippen molar-refractivity contribution in [1.82, 2.24) is 15.7 Å². The first-order valence-electron chi connectivity index (χ1n) is 9.92. The van der Waals surface area contributed by atoms with Crippen molar-refractivity contribution in [2.75, 3.05) is 6.54 Å². The van der Waals surface area contributed by atoms with Gasteiger partial charge in [0.05, 0.1) is 12.3 Å². The fourth-order valence-corrected chi connectivity index (χ4v) is 3.16. The Hall–Kier alpha value is -3.51. The Morgan fingerprint density at radius 2 is 1.88 bits per heavy atom. The van der Waals surface area contributed by atoms with Crippen molar-refractivity contribution >= 4 is 30.0 Å². The number of nitrogens with one attached hydrogen (secondary N) is 2. The average molecular weight is 449 g/mol. The summed E-state index contributed by atoms with van der Waals surface area (Å²) in [6.45, 7) is 4.29. The second-order valence-electron chi connectivity index (χ2n) is 7.19. The molecular formula is C20H27N5O7. The van der Waals surface area contributed by atoms with Gasteiger partial charge in [-0.15, -0.1) is 11.4 Å². The van der Waals surface area contributed by atoms with Crippen molar-refractivity contribution < 1.29 is 33.7 Å². The number of likely N-dealkylation sites (tertiary alicyclic amines) is 1. The molecule has 32 heavy (non-hydrogen) atoms. The number of hydroxylamine groups is 1. The van der Waals surface area contributed by atoms with Crippen LogP contribution >= 0.6 is 0 Å². The Balaban J connectivity index is 2.00. The van der Waals surface area contributed by atoms with E-state index in [1.54, 1.807) is 31.2 Å². The summed E-state index contributed by atoms with van der Waals surface area (Å²) < 4.78 is 5.29. The minimum absolute atomic E-state index is 0.231. The Morgan fingerprint density at radius 3 is 2.47 bits per heavy atom. The molecule has 1 fully saturated rings. The molecule has 1 aromatic carbocycles. The summed E-state index contributed by atoms with van der Waals surface area (Å²) >= 11 is 0. The zero-order valence-electron chi connectivity index (χ0n) is 18.1. The van der Waals surface area contributed by atoms with Gasteiger partial charge in [-0.3, -0.25) is 19.2 Å². The van der Waals surface area contributed by atoms with Gasteiger partial charge in [-0.1, -0.05) is 17.3 Å². The molecule has 0 bridgehead atoms. The maximum absolute atomic E-state index is 13.0. The number of esters is 1. The van der Waals surface area contributed by atoms with E-state index in [-0.39, 0.29) is 19.0 Å². The van der Waals surface area contributed by atoms with Gasteiger partial charge in [0.15, 0.2) is 6.23 Å². The van der Waals surface area contributed by atoms with Gasteiger partial charge in [0, 0.05) is 32.4 Å². The molecule has 1 aliphatic heterocycles. The molecule has 1 aliphatic rings. The zero-order valence-corrected chi connectivity index (χ0v) is 18.1. The minimum atomic E-state index is -0.870. The molecule has 174 valence electrons. The van der Waals surface area contributed by atoms with Crippen molar-refractivity contribution in [2.24, 2.45) is 11.1 Å². The highest BCUT2D eigenvalue weighted by molar-refractivity contribution is 5.98. The van der Waals surface area contributed by atoms with Crippen LogP contribution in [0.5, 0.6) is 0 Å². The molecule has 4 N–H and O–H groups in total. The minimum Gasteiger partial charge on any atom is -0.442 e. The number of rotatable bonds is 8. The van der Waals surface area contributed by atoms with Gasteiger partial charge in [-0.25, -0.2) is 0 Å². The molecule has 12 nitrogen and oxygen atoms in total. The van der Waals surface area contributed by atoms with Gasteiger partial charge < -0.3 is 24.7 Å². The van der Waals surface area contributed by atoms with Crippen LogP contribution in [0, 0.1) is 0 Å². The third kappa shape index (κ3) is 7.32. The number of benzene rings is 1. The number of carbonyl (C=O) groups excluding carboxylic acids is 4.